The summed E-state index contributed by atoms with van der Waals surface area (Å²) in [5.41, 5.74) is 7.28. The second kappa shape index (κ2) is 4.07. The summed E-state index contributed by atoms with van der Waals surface area (Å²) < 4.78 is 25.6. The highest BCUT2D eigenvalue weighted by molar-refractivity contribution is 7.93. The molecule has 0 aromatic heterocycles. The lowest BCUT2D eigenvalue weighted by molar-refractivity contribution is 0.588. The van der Waals surface area contributed by atoms with Crippen molar-refractivity contribution < 1.29 is 8.42 Å². The fraction of sp³-hybridized carbons (Fsp3) is 0.455. The minimum atomic E-state index is -3.24. The Morgan fingerprint density at radius 1 is 1.50 bits per heavy atom. The fourth-order valence-electron chi connectivity index (χ4n) is 2.02. The first kappa shape index (κ1) is 11.4. The first-order chi connectivity index (χ1) is 7.55. The van der Waals surface area contributed by atoms with Crippen LogP contribution in [-0.2, 0) is 10.0 Å². The molecule has 1 heterocycles. The molecule has 88 valence electrons. The van der Waals surface area contributed by atoms with Crippen molar-refractivity contribution in [2.45, 2.75) is 18.6 Å². The lowest BCUT2D eigenvalue weighted by atomic mass is 10.2. The van der Waals surface area contributed by atoms with E-state index in [1.165, 1.54) is 4.31 Å². The number of benzene rings is 1. The van der Waals surface area contributed by atoms with Gasteiger partial charge < -0.3 is 5.73 Å². The van der Waals surface area contributed by atoms with Crippen molar-refractivity contribution in [1.29, 1.82) is 0 Å². The summed E-state index contributed by atoms with van der Waals surface area (Å²) in [6, 6.07) is 7.53. The van der Waals surface area contributed by atoms with Crippen molar-refractivity contribution in [3.8, 4) is 0 Å². The summed E-state index contributed by atoms with van der Waals surface area (Å²) in [7, 11) is -3.24. The second-order valence-electron chi connectivity index (χ2n) is 4.10. The van der Waals surface area contributed by atoms with Crippen LogP contribution in [0.15, 0.2) is 24.3 Å². The van der Waals surface area contributed by atoms with Crippen LogP contribution >= 0.6 is 0 Å². The van der Waals surface area contributed by atoms with Gasteiger partial charge in [-0.25, -0.2) is 8.42 Å². The van der Waals surface area contributed by atoms with Crippen LogP contribution in [0.3, 0.4) is 0 Å². The number of hydrogen-bond acceptors (Lipinski definition) is 3. The fourth-order valence-corrected chi connectivity index (χ4v) is 3.79. The van der Waals surface area contributed by atoms with Crippen LogP contribution in [0.25, 0.3) is 0 Å². The SMILES string of the molecule is Cc1cccc(N2CC[C@@H](CN)S2(=O)=O)c1. The molecule has 1 aromatic carbocycles. The maximum atomic E-state index is 12.1. The predicted molar refractivity (Wildman–Crippen MR) is 64.9 cm³/mol. The van der Waals surface area contributed by atoms with Crippen molar-refractivity contribution in [2.75, 3.05) is 17.4 Å². The highest BCUT2D eigenvalue weighted by Crippen LogP contribution is 2.28. The Morgan fingerprint density at radius 2 is 2.25 bits per heavy atom. The lowest BCUT2D eigenvalue weighted by Crippen LogP contribution is -2.33. The number of nitrogens with zero attached hydrogens (tertiary/aromatic N) is 1. The van der Waals surface area contributed by atoms with Crippen LogP contribution in [0, 0.1) is 6.92 Å². The Kier molecular flexibility index (Phi) is 2.90. The average Bonchev–Trinajstić information content (AvgIpc) is 2.53. The maximum Gasteiger partial charge on any atom is 0.239 e. The standard InChI is InChI=1S/C11H16N2O2S/c1-9-3-2-4-10(7-9)13-6-5-11(8-12)16(13,14)15/h2-4,7,11H,5-6,8,12H2,1H3/t11-/m0/s1. The van der Waals surface area contributed by atoms with Crippen molar-refractivity contribution >= 4 is 15.7 Å². The molecule has 1 aliphatic rings. The van der Waals surface area contributed by atoms with Crippen molar-refractivity contribution in [1.82, 2.24) is 0 Å². The maximum absolute atomic E-state index is 12.1. The van der Waals surface area contributed by atoms with Gasteiger partial charge >= 0.3 is 0 Å². The normalized spacial score (nSPS) is 23.6. The van der Waals surface area contributed by atoms with E-state index in [2.05, 4.69) is 0 Å². The zero-order chi connectivity index (χ0) is 11.8. The number of aryl methyl sites for hydroxylation is 1. The summed E-state index contributed by atoms with van der Waals surface area (Å²) >= 11 is 0. The summed E-state index contributed by atoms with van der Waals surface area (Å²) in [4.78, 5) is 0. The first-order valence-electron chi connectivity index (χ1n) is 5.34. The quantitative estimate of drug-likeness (QED) is 0.834. The van der Waals surface area contributed by atoms with E-state index in [1.54, 1.807) is 0 Å². The summed E-state index contributed by atoms with van der Waals surface area (Å²) in [6.45, 7) is 2.69. The van der Waals surface area contributed by atoms with E-state index >= 15 is 0 Å². The molecule has 0 spiro atoms. The van der Waals surface area contributed by atoms with Crippen molar-refractivity contribution in [2.24, 2.45) is 5.73 Å². The Hall–Kier alpha value is -1.07. The number of anilines is 1. The van der Waals surface area contributed by atoms with Crippen LogP contribution in [0.1, 0.15) is 12.0 Å². The van der Waals surface area contributed by atoms with Crippen LogP contribution in [-0.4, -0.2) is 26.8 Å². The topological polar surface area (TPSA) is 63.4 Å². The highest BCUT2D eigenvalue weighted by Gasteiger charge is 2.37. The van der Waals surface area contributed by atoms with Gasteiger partial charge in [0.15, 0.2) is 0 Å². The zero-order valence-corrected chi connectivity index (χ0v) is 10.1. The number of nitrogens with two attached hydrogens (primary N) is 1. The Labute approximate surface area is 96.1 Å². The van der Waals surface area contributed by atoms with E-state index in [9.17, 15) is 8.42 Å². The number of rotatable bonds is 2. The Morgan fingerprint density at radius 3 is 2.81 bits per heavy atom. The molecule has 5 heteroatoms. The molecule has 2 rings (SSSR count). The molecule has 0 bridgehead atoms. The predicted octanol–water partition coefficient (Wildman–Crippen LogP) is 0.862. The van der Waals surface area contributed by atoms with Gasteiger partial charge in [0.25, 0.3) is 0 Å². The van der Waals surface area contributed by atoms with Gasteiger partial charge in [0.2, 0.25) is 10.0 Å². The van der Waals surface area contributed by atoms with E-state index in [4.69, 9.17) is 5.73 Å². The molecule has 1 saturated heterocycles. The lowest BCUT2D eigenvalue weighted by Gasteiger charge is -2.18. The van der Waals surface area contributed by atoms with Gasteiger partial charge in [-0.2, -0.15) is 0 Å². The third kappa shape index (κ3) is 1.81. The van der Waals surface area contributed by atoms with Crippen LogP contribution < -0.4 is 10.0 Å². The largest absolute Gasteiger partial charge is 0.329 e. The van der Waals surface area contributed by atoms with E-state index in [0.717, 1.165) is 11.3 Å². The van der Waals surface area contributed by atoms with Gasteiger partial charge in [-0.3, -0.25) is 4.31 Å². The molecule has 16 heavy (non-hydrogen) atoms. The first-order valence-corrected chi connectivity index (χ1v) is 6.84. The monoisotopic (exact) mass is 240 g/mol. The summed E-state index contributed by atoms with van der Waals surface area (Å²) in [5, 5.41) is -0.423. The van der Waals surface area contributed by atoms with Crippen LogP contribution in [0.2, 0.25) is 0 Å². The number of hydrogen-bond donors (Lipinski definition) is 1. The Balaban J connectivity index is 2.37. The molecule has 0 amide bonds. The summed E-state index contributed by atoms with van der Waals surface area (Å²) in [5.74, 6) is 0. The molecule has 4 nitrogen and oxygen atoms in total. The molecule has 2 N–H and O–H groups in total. The zero-order valence-electron chi connectivity index (χ0n) is 9.26. The smallest absolute Gasteiger partial charge is 0.239 e. The molecule has 0 saturated carbocycles. The van der Waals surface area contributed by atoms with Crippen molar-refractivity contribution in [3.05, 3.63) is 29.8 Å². The van der Waals surface area contributed by atoms with Gasteiger partial charge in [-0.15, -0.1) is 0 Å². The number of sulfonamides is 1. The third-order valence-corrected chi connectivity index (χ3v) is 5.21. The molecule has 1 aromatic rings. The Bertz CT molecular complexity index is 485. The van der Waals surface area contributed by atoms with Gasteiger partial charge in [0.05, 0.1) is 10.9 Å². The molecule has 0 unspecified atom stereocenters. The van der Waals surface area contributed by atoms with Crippen LogP contribution in [0.5, 0.6) is 0 Å². The molecule has 1 aliphatic heterocycles. The molecule has 0 aliphatic carbocycles. The van der Waals surface area contributed by atoms with Gasteiger partial charge in [0.1, 0.15) is 0 Å². The molecular weight excluding hydrogens is 224 g/mol. The van der Waals surface area contributed by atoms with E-state index in [0.29, 0.717) is 13.0 Å². The molecule has 1 atom stereocenters. The molecule has 0 radical (unpaired) electrons. The molecule has 1 fully saturated rings. The average molecular weight is 240 g/mol. The van der Waals surface area contributed by atoms with E-state index < -0.39 is 15.3 Å². The van der Waals surface area contributed by atoms with Crippen molar-refractivity contribution in [3.63, 3.8) is 0 Å². The highest BCUT2D eigenvalue weighted by atomic mass is 32.2. The van der Waals surface area contributed by atoms with E-state index in [1.807, 2.05) is 31.2 Å². The third-order valence-electron chi connectivity index (χ3n) is 2.94. The molecular formula is C11H16N2O2S. The minimum Gasteiger partial charge on any atom is -0.329 e. The van der Waals surface area contributed by atoms with Gasteiger partial charge in [-0.1, -0.05) is 12.1 Å². The van der Waals surface area contributed by atoms with Gasteiger partial charge in [0, 0.05) is 13.1 Å². The second-order valence-corrected chi connectivity index (χ2v) is 6.24. The van der Waals surface area contributed by atoms with Gasteiger partial charge in [-0.05, 0) is 31.0 Å². The van der Waals surface area contributed by atoms with E-state index in [-0.39, 0.29) is 6.54 Å². The van der Waals surface area contributed by atoms with Crippen LogP contribution in [0.4, 0.5) is 5.69 Å². The minimum absolute atomic E-state index is 0.199. The summed E-state index contributed by atoms with van der Waals surface area (Å²) in [6.07, 6.45) is 0.618.